The van der Waals surface area contributed by atoms with Crippen molar-refractivity contribution < 1.29 is 17.7 Å². The van der Waals surface area contributed by atoms with Gasteiger partial charge in [0.25, 0.3) is 0 Å². The molecule has 0 aliphatic heterocycles. The van der Waals surface area contributed by atoms with Crippen molar-refractivity contribution >= 4 is 17.8 Å². The molecule has 148 valence electrons. The lowest BCUT2D eigenvalue weighted by molar-refractivity contribution is 0.167. The van der Waals surface area contributed by atoms with Crippen LogP contribution in [0.3, 0.4) is 0 Å². The van der Waals surface area contributed by atoms with E-state index >= 15 is 0 Å². The van der Waals surface area contributed by atoms with Gasteiger partial charge >= 0.3 is 17.8 Å². The minimum absolute atomic E-state index is 0.152. The Balaban J connectivity index is 0. The van der Waals surface area contributed by atoms with E-state index in [-0.39, 0.29) is 5.04 Å². The molecule has 0 atom stereocenters. The van der Waals surface area contributed by atoms with Crippen molar-refractivity contribution in [2.45, 2.75) is 86.9 Å². The first-order valence-corrected chi connectivity index (χ1v) is 13.5. The van der Waals surface area contributed by atoms with Crippen molar-refractivity contribution in [1.29, 1.82) is 0 Å². The standard InChI is InChI=1S/2C9H22O2Si/c1-7-10-12(6,11-8-2)9(3,4)5;1-6-10-12(11-7-2)8-9(3,4)5/h7-8H2,1-6H3;12H,6-8H2,1-5H3. The molecule has 0 unspecified atom stereocenters. The van der Waals surface area contributed by atoms with E-state index in [4.69, 9.17) is 17.7 Å². The van der Waals surface area contributed by atoms with Crippen molar-refractivity contribution in [2.75, 3.05) is 26.4 Å². The fourth-order valence-corrected chi connectivity index (χ4v) is 6.19. The third-order valence-corrected chi connectivity index (χ3v) is 11.1. The van der Waals surface area contributed by atoms with Crippen molar-refractivity contribution in [2.24, 2.45) is 5.41 Å². The highest BCUT2D eigenvalue weighted by Crippen LogP contribution is 2.37. The fourth-order valence-electron chi connectivity index (χ4n) is 2.06. The molecule has 0 fully saturated rings. The van der Waals surface area contributed by atoms with Gasteiger partial charge in [0.2, 0.25) is 0 Å². The van der Waals surface area contributed by atoms with Gasteiger partial charge in [-0.2, -0.15) is 0 Å². The smallest absolute Gasteiger partial charge is 0.340 e. The van der Waals surface area contributed by atoms with Crippen LogP contribution in [0.5, 0.6) is 0 Å². The maximum Gasteiger partial charge on any atom is 0.340 e. The molecule has 0 saturated heterocycles. The first-order chi connectivity index (χ1) is 10.9. The number of hydrogen-bond acceptors (Lipinski definition) is 4. The number of rotatable bonds is 9. The molecule has 0 radical (unpaired) electrons. The quantitative estimate of drug-likeness (QED) is 0.511. The van der Waals surface area contributed by atoms with Crippen LogP contribution in [0.2, 0.25) is 17.6 Å². The summed E-state index contributed by atoms with van der Waals surface area (Å²) in [5.41, 5.74) is 0.335. The lowest BCUT2D eigenvalue weighted by Crippen LogP contribution is -2.47. The molecule has 0 N–H and O–H groups in total. The molecule has 0 aromatic carbocycles. The Hall–Kier alpha value is 0.274. The van der Waals surface area contributed by atoms with E-state index in [0.717, 1.165) is 32.5 Å². The molecule has 0 saturated carbocycles. The Bertz CT molecular complexity index is 286. The van der Waals surface area contributed by atoms with Crippen molar-refractivity contribution in [3.05, 3.63) is 0 Å². The second-order valence-electron chi connectivity index (χ2n) is 8.17. The average Bonchev–Trinajstić information content (AvgIpc) is 2.37. The second-order valence-corrected chi connectivity index (χ2v) is 14.1. The predicted molar refractivity (Wildman–Crippen MR) is 109 cm³/mol. The zero-order chi connectivity index (χ0) is 19.4. The van der Waals surface area contributed by atoms with E-state index in [2.05, 4.69) is 48.1 Å². The van der Waals surface area contributed by atoms with Crippen LogP contribution in [0.1, 0.15) is 69.2 Å². The molecule has 0 aromatic rings. The summed E-state index contributed by atoms with van der Waals surface area (Å²) in [6, 6.07) is 1.09. The molecular weight excluding hydrogens is 336 g/mol. The monoisotopic (exact) mass is 380 g/mol. The highest BCUT2D eigenvalue weighted by atomic mass is 28.4. The molecule has 24 heavy (non-hydrogen) atoms. The molecule has 6 heteroatoms. The maximum atomic E-state index is 5.75. The van der Waals surface area contributed by atoms with Crippen LogP contribution in [0.4, 0.5) is 0 Å². The van der Waals surface area contributed by atoms with Gasteiger partial charge in [0, 0.05) is 31.5 Å². The van der Waals surface area contributed by atoms with Crippen LogP contribution in [-0.2, 0) is 17.7 Å². The summed E-state index contributed by atoms with van der Waals surface area (Å²) in [4.78, 5) is 0. The highest BCUT2D eigenvalue weighted by molar-refractivity contribution is 6.69. The van der Waals surface area contributed by atoms with Gasteiger partial charge in [-0.3, -0.25) is 0 Å². The molecule has 4 nitrogen and oxygen atoms in total. The highest BCUT2D eigenvalue weighted by Gasteiger charge is 2.44. The van der Waals surface area contributed by atoms with Gasteiger partial charge in [0.15, 0.2) is 0 Å². The lowest BCUT2D eigenvalue weighted by Gasteiger charge is -2.37. The molecule has 0 spiro atoms. The lowest BCUT2D eigenvalue weighted by atomic mass is 10.0. The Kier molecular flexibility index (Phi) is 13.9. The van der Waals surface area contributed by atoms with Crippen LogP contribution in [0, 0.1) is 5.41 Å². The minimum atomic E-state index is -1.95. The molecule has 0 aromatic heterocycles. The first-order valence-electron chi connectivity index (χ1n) is 9.37. The topological polar surface area (TPSA) is 36.9 Å². The first kappa shape index (κ1) is 26.5. The Morgan fingerprint density at radius 2 is 1.08 bits per heavy atom. The van der Waals surface area contributed by atoms with Crippen molar-refractivity contribution in [3.63, 3.8) is 0 Å². The third kappa shape index (κ3) is 12.6. The second kappa shape index (κ2) is 12.6. The maximum absolute atomic E-state index is 5.75. The summed E-state index contributed by atoms with van der Waals surface area (Å²) >= 11 is 0. The van der Waals surface area contributed by atoms with Gasteiger partial charge in [-0.15, -0.1) is 0 Å². The largest absolute Gasteiger partial charge is 0.397 e. The van der Waals surface area contributed by atoms with E-state index in [1.54, 1.807) is 0 Å². The Morgan fingerprint density at radius 1 is 0.708 bits per heavy atom. The summed E-state index contributed by atoms with van der Waals surface area (Å²) < 4.78 is 22.7. The Morgan fingerprint density at radius 3 is 1.29 bits per heavy atom. The normalized spacial score (nSPS) is 13.0. The SMILES string of the molecule is CCO[SiH](CC(C)(C)C)OCC.CCO[Si](C)(OCC)C(C)(C)C. The molecule has 0 rings (SSSR count). The molecule has 0 aliphatic carbocycles. The molecule has 0 heterocycles. The third-order valence-electron chi connectivity index (χ3n) is 3.69. The van der Waals surface area contributed by atoms with Gasteiger partial charge in [-0.1, -0.05) is 41.5 Å². The summed E-state index contributed by atoms with van der Waals surface area (Å²) in [6.45, 7) is 26.6. The van der Waals surface area contributed by atoms with Gasteiger partial charge in [-0.25, -0.2) is 0 Å². The van der Waals surface area contributed by atoms with Crippen LogP contribution in [0.25, 0.3) is 0 Å². The zero-order valence-corrected chi connectivity index (χ0v) is 20.4. The average molecular weight is 381 g/mol. The number of hydrogen-bond donors (Lipinski definition) is 0. The van der Waals surface area contributed by atoms with Crippen molar-refractivity contribution in [1.82, 2.24) is 0 Å². The van der Waals surface area contributed by atoms with Gasteiger partial charge in [-0.05, 0) is 45.7 Å². The van der Waals surface area contributed by atoms with E-state index in [1.807, 2.05) is 27.7 Å². The van der Waals surface area contributed by atoms with E-state index in [0.29, 0.717) is 5.41 Å². The summed E-state index contributed by atoms with van der Waals surface area (Å²) in [6.07, 6.45) is 0. The molecule has 0 aliphatic rings. The van der Waals surface area contributed by atoms with Crippen LogP contribution in [-0.4, -0.2) is 44.3 Å². The molecular formula is C18H44O4Si2. The summed E-state index contributed by atoms with van der Waals surface area (Å²) in [5.74, 6) is 0. The molecule has 0 amide bonds. The summed E-state index contributed by atoms with van der Waals surface area (Å²) in [7, 11) is -3.31. The Labute approximate surface area is 154 Å². The molecule has 0 bridgehead atoms. The van der Waals surface area contributed by atoms with Gasteiger partial charge in [0.05, 0.1) is 0 Å². The van der Waals surface area contributed by atoms with E-state index < -0.39 is 17.8 Å². The van der Waals surface area contributed by atoms with Gasteiger partial charge < -0.3 is 17.7 Å². The van der Waals surface area contributed by atoms with E-state index in [1.165, 1.54) is 0 Å². The van der Waals surface area contributed by atoms with Crippen LogP contribution >= 0.6 is 0 Å². The predicted octanol–water partition coefficient (Wildman–Crippen LogP) is 5.26. The zero-order valence-electron chi connectivity index (χ0n) is 18.2. The van der Waals surface area contributed by atoms with E-state index in [9.17, 15) is 0 Å². The summed E-state index contributed by atoms with van der Waals surface area (Å²) in [5, 5.41) is 0.152. The van der Waals surface area contributed by atoms with Crippen LogP contribution < -0.4 is 0 Å². The minimum Gasteiger partial charge on any atom is -0.397 e. The van der Waals surface area contributed by atoms with Crippen LogP contribution in [0.15, 0.2) is 0 Å². The van der Waals surface area contributed by atoms with Crippen molar-refractivity contribution in [3.8, 4) is 0 Å². The van der Waals surface area contributed by atoms with Gasteiger partial charge in [0.1, 0.15) is 0 Å². The fraction of sp³-hybridized carbons (Fsp3) is 1.00.